The lowest BCUT2D eigenvalue weighted by molar-refractivity contribution is -0.141. The molecule has 1 saturated heterocycles. The molecule has 25 heavy (non-hydrogen) atoms. The maximum Gasteiger partial charge on any atom is 0.435 e. The lowest BCUT2D eigenvalue weighted by Crippen LogP contribution is -2.47. The van der Waals surface area contributed by atoms with Gasteiger partial charge in [0.25, 0.3) is 5.91 Å². The first kappa shape index (κ1) is 17.5. The van der Waals surface area contributed by atoms with E-state index in [0.29, 0.717) is 13.1 Å². The minimum Gasteiger partial charge on any atom is -0.359 e. The van der Waals surface area contributed by atoms with Crippen LogP contribution in [0.25, 0.3) is 0 Å². The van der Waals surface area contributed by atoms with Crippen molar-refractivity contribution in [2.45, 2.75) is 38.0 Å². The number of rotatable bonds is 4. The van der Waals surface area contributed by atoms with Crippen LogP contribution >= 0.6 is 0 Å². The number of alkyl halides is 3. The molecule has 3 rings (SSSR count). The molecule has 1 aliphatic heterocycles. The highest BCUT2D eigenvalue weighted by molar-refractivity contribution is 5.92. The smallest absolute Gasteiger partial charge is 0.359 e. The van der Waals surface area contributed by atoms with Gasteiger partial charge >= 0.3 is 6.18 Å². The van der Waals surface area contributed by atoms with E-state index < -0.39 is 11.9 Å². The van der Waals surface area contributed by atoms with E-state index in [9.17, 15) is 18.0 Å². The highest BCUT2D eigenvalue weighted by Gasteiger charge is 2.33. The second-order valence-electron chi connectivity index (χ2n) is 5.96. The third-order valence-corrected chi connectivity index (χ3v) is 4.19. The number of hydrogen-bond acceptors (Lipinski definition) is 5. The van der Waals surface area contributed by atoms with Crippen molar-refractivity contribution in [3.05, 3.63) is 35.5 Å². The average molecular weight is 357 g/mol. The lowest BCUT2D eigenvalue weighted by Gasteiger charge is -2.34. The van der Waals surface area contributed by atoms with Gasteiger partial charge in [-0.25, -0.2) is 0 Å². The van der Waals surface area contributed by atoms with Gasteiger partial charge in [0, 0.05) is 31.4 Å². The Labute approximate surface area is 141 Å². The van der Waals surface area contributed by atoms with Gasteiger partial charge in [-0.05, 0) is 25.3 Å². The first-order valence-electron chi connectivity index (χ1n) is 7.96. The van der Waals surface area contributed by atoms with Crippen molar-refractivity contribution in [2.24, 2.45) is 5.73 Å². The number of halogens is 3. The standard InChI is InChI=1S/C15H18F3N5O2/c16-15(17,18)13-4-6-22(20-13)9-11-7-12(21-25-11)14(24)23-5-2-1-3-10(23)8-19/h4,6-7,10H,1-3,5,8-9,19H2. The zero-order valence-electron chi connectivity index (χ0n) is 13.4. The third kappa shape index (κ3) is 3.84. The van der Waals surface area contributed by atoms with Crippen LogP contribution in [-0.4, -0.2) is 44.9 Å². The van der Waals surface area contributed by atoms with E-state index in [1.54, 1.807) is 4.90 Å². The molecule has 3 heterocycles. The predicted molar refractivity (Wildman–Crippen MR) is 80.6 cm³/mol. The molecule has 136 valence electrons. The molecule has 1 fully saturated rings. The summed E-state index contributed by atoms with van der Waals surface area (Å²) in [6, 6.07) is 2.28. The first-order chi connectivity index (χ1) is 11.9. The molecule has 10 heteroatoms. The Morgan fingerprint density at radius 2 is 2.20 bits per heavy atom. The van der Waals surface area contributed by atoms with Crippen LogP contribution in [0.5, 0.6) is 0 Å². The topological polar surface area (TPSA) is 90.2 Å². The molecule has 0 radical (unpaired) electrons. The van der Waals surface area contributed by atoms with E-state index in [4.69, 9.17) is 10.3 Å². The van der Waals surface area contributed by atoms with Crippen LogP contribution in [-0.2, 0) is 12.7 Å². The molecule has 0 spiro atoms. The van der Waals surface area contributed by atoms with Crippen LogP contribution in [0.3, 0.4) is 0 Å². The number of carbonyl (C=O) groups excluding carboxylic acids is 1. The van der Waals surface area contributed by atoms with Crippen LogP contribution in [0.2, 0.25) is 0 Å². The largest absolute Gasteiger partial charge is 0.435 e. The molecule has 1 amide bonds. The van der Waals surface area contributed by atoms with Crippen LogP contribution in [0.1, 0.15) is 41.2 Å². The number of likely N-dealkylation sites (tertiary alicyclic amines) is 1. The van der Waals surface area contributed by atoms with E-state index >= 15 is 0 Å². The molecule has 1 atom stereocenters. The Hall–Kier alpha value is -2.36. The second-order valence-corrected chi connectivity index (χ2v) is 5.96. The molecule has 0 saturated carbocycles. The highest BCUT2D eigenvalue weighted by Crippen LogP contribution is 2.27. The van der Waals surface area contributed by atoms with Crippen LogP contribution < -0.4 is 5.73 Å². The SMILES string of the molecule is NCC1CCCCN1C(=O)c1cc(Cn2ccc(C(F)(F)F)n2)on1. The summed E-state index contributed by atoms with van der Waals surface area (Å²) >= 11 is 0. The average Bonchev–Trinajstić information content (AvgIpc) is 3.24. The molecule has 0 aliphatic carbocycles. The van der Waals surface area contributed by atoms with Crippen molar-refractivity contribution in [3.8, 4) is 0 Å². The van der Waals surface area contributed by atoms with Crippen LogP contribution in [0, 0.1) is 0 Å². The third-order valence-electron chi connectivity index (χ3n) is 4.19. The van der Waals surface area contributed by atoms with Gasteiger partial charge in [-0.3, -0.25) is 9.48 Å². The van der Waals surface area contributed by atoms with Gasteiger partial charge in [0.05, 0.1) is 0 Å². The number of carbonyl (C=O) groups is 1. The first-order valence-corrected chi connectivity index (χ1v) is 7.96. The second kappa shape index (κ2) is 6.87. The molecule has 1 unspecified atom stereocenters. The van der Waals surface area contributed by atoms with Gasteiger partial charge in [0.15, 0.2) is 17.1 Å². The van der Waals surface area contributed by atoms with Crippen LogP contribution in [0.15, 0.2) is 22.9 Å². The molecule has 1 aliphatic rings. The molecule has 0 aromatic carbocycles. The van der Waals surface area contributed by atoms with Gasteiger partial charge in [-0.15, -0.1) is 0 Å². The monoisotopic (exact) mass is 357 g/mol. The van der Waals surface area contributed by atoms with E-state index in [1.165, 1.54) is 12.3 Å². The number of hydrogen-bond donors (Lipinski definition) is 1. The summed E-state index contributed by atoms with van der Waals surface area (Å²) in [5.41, 5.74) is 4.85. The summed E-state index contributed by atoms with van der Waals surface area (Å²) in [6.45, 7) is 0.942. The minimum absolute atomic E-state index is 0.0261. The summed E-state index contributed by atoms with van der Waals surface area (Å²) in [5, 5.41) is 7.18. The van der Waals surface area contributed by atoms with Crippen molar-refractivity contribution in [2.75, 3.05) is 13.1 Å². The number of nitrogens with two attached hydrogens (primary N) is 1. The summed E-state index contributed by atoms with van der Waals surface area (Å²) in [6.07, 6.45) is -0.529. The molecule has 0 bridgehead atoms. The van der Waals surface area contributed by atoms with Gasteiger partial charge in [0.1, 0.15) is 6.54 Å². The number of nitrogens with zero attached hydrogens (tertiary/aromatic N) is 4. The van der Waals surface area contributed by atoms with Gasteiger partial charge in [-0.1, -0.05) is 5.16 Å². The highest BCUT2D eigenvalue weighted by atomic mass is 19.4. The molecular formula is C15H18F3N5O2. The quantitative estimate of drug-likeness (QED) is 0.902. The fraction of sp³-hybridized carbons (Fsp3) is 0.533. The Bertz CT molecular complexity index is 740. The van der Waals surface area contributed by atoms with Crippen molar-refractivity contribution in [1.29, 1.82) is 0 Å². The minimum atomic E-state index is -4.50. The summed E-state index contributed by atoms with van der Waals surface area (Å²) in [5.74, 6) is -0.0249. The van der Waals surface area contributed by atoms with Crippen molar-refractivity contribution in [1.82, 2.24) is 19.8 Å². The Kier molecular flexibility index (Phi) is 4.80. The van der Waals surface area contributed by atoms with Crippen molar-refractivity contribution in [3.63, 3.8) is 0 Å². The van der Waals surface area contributed by atoms with Gasteiger partial charge in [0.2, 0.25) is 0 Å². The number of aromatic nitrogens is 3. The molecular weight excluding hydrogens is 339 g/mol. The Morgan fingerprint density at radius 1 is 1.40 bits per heavy atom. The van der Waals surface area contributed by atoms with Crippen molar-refractivity contribution < 1.29 is 22.5 Å². The molecule has 7 nitrogen and oxygen atoms in total. The Balaban J connectivity index is 1.69. The normalized spacial score (nSPS) is 18.6. The zero-order valence-corrected chi connectivity index (χ0v) is 13.4. The molecule has 2 N–H and O–H groups in total. The van der Waals surface area contributed by atoms with E-state index in [0.717, 1.165) is 30.0 Å². The summed E-state index contributed by atoms with van der Waals surface area (Å²) < 4.78 is 43.8. The predicted octanol–water partition coefficient (Wildman–Crippen LogP) is 1.89. The maximum atomic E-state index is 12.6. The Morgan fingerprint density at radius 3 is 2.88 bits per heavy atom. The fourth-order valence-electron chi connectivity index (χ4n) is 2.91. The van der Waals surface area contributed by atoms with E-state index in [1.807, 2.05) is 0 Å². The molecule has 2 aromatic heterocycles. The maximum absolute atomic E-state index is 12.6. The molecule has 2 aromatic rings. The van der Waals surface area contributed by atoms with E-state index in [2.05, 4.69) is 10.3 Å². The van der Waals surface area contributed by atoms with Crippen molar-refractivity contribution >= 4 is 5.91 Å². The number of piperidine rings is 1. The fourth-order valence-corrected chi connectivity index (χ4v) is 2.91. The van der Waals surface area contributed by atoms with Crippen LogP contribution in [0.4, 0.5) is 13.2 Å². The summed E-state index contributed by atoms with van der Waals surface area (Å²) in [7, 11) is 0. The number of amides is 1. The summed E-state index contributed by atoms with van der Waals surface area (Å²) in [4.78, 5) is 14.2. The zero-order chi connectivity index (χ0) is 18.0. The van der Waals surface area contributed by atoms with Gasteiger partial charge < -0.3 is 15.2 Å². The van der Waals surface area contributed by atoms with Gasteiger partial charge in [-0.2, -0.15) is 18.3 Å². The van der Waals surface area contributed by atoms with E-state index in [-0.39, 0.29) is 29.9 Å². The lowest BCUT2D eigenvalue weighted by atomic mass is 10.0.